The summed E-state index contributed by atoms with van der Waals surface area (Å²) in [6.07, 6.45) is 2.86. The molecule has 196 valence electrons. The van der Waals surface area contributed by atoms with Gasteiger partial charge in [-0.05, 0) is 38.2 Å². The van der Waals surface area contributed by atoms with Crippen LogP contribution in [0.4, 0.5) is 4.39 Å². The lowest BCUT2D eigenvalue weighted by molar-refractivity contribution is -0.151. The van der Waals surface area contributed by atoms with Crippen LogP contribution in [-0.4, -0.2) is 59.1 Å². The van der Waals surface area contributed by atoms with Crippen molar-refractivity contribution >= 4 is 34.8 Å². The second kappa shape index (κ2) is 11.8. The number of nitrogens with zero attached hydrogens (tertiary/aromatic N) is 3. The van der Waals surface area contributed by atoms with Crippen LogP contribution in [0.2, 0.25) is 0 Å². The number of halogens is 1. The monoisotopic (exact) mass is 527 g/mol. The summed E-state index contributed by atoms with van der Waals surface area (Å²) in [6.45, 7) is 8.18. The third-order valence-corrected chi connectivity index (χ3v) is 7.37. The van der Waals surface area contributed by atoms with Crippen molar-refractivity contribution in [3.05, 3.63) is 70.7 Å². The number of piperidine rings is 1. The van der Waals surface area contributed by atoms with Gasteiger partial charge in [0, 0.05) is 24.4 Å². The molecule has 37 heavy (non-hydrogen) atoms. The van der Waals surface area contributed by atoms with Gasteiger partial charge in [-0.1, -0.05) is 42.6 Å². The number of allylic oxidation sites excluding steroid dienone is 1. The summed E-state index contributed by atoms with van der Waals surface area (Å²) in [7, 11) is 0. The first-order valence-corrected chi connectivity index (χ1v) is 13.1. The predicted molar refractivity (Wildman–Crippen MR) is 138 cm³/mol. The zero-order valence-electron chi connectivity index (χ0n) is 20.9. The number of amides is 1. The molecule has 0 radical (unpaired) electrons. The van der Waals surface area contributed by atoms with E-state index < -0.39 is 17.8 Å². The number of carbonyl (C=O) groups excluding carboxylic acids is 3. The lowest BCUT2D eigenvalue weighted by Gasteiger charge is -2.37. The van der Waals surface area contributed by atoms with Gasteiger partial charge in [-0.15, -0.1) is 0 Å². The highest BCUT2D eigenvalue weighted by Gasteiger charge is 2.42. The number of hydrogen-bond acceptors (Lipinski definition) is 8. The lowest BCUT2D eigenvalue weighted by atomic mass is 9.93. The summed E-state index contributed by atoms with van der Waals surface area (Å²) in [5, 5.41) is 2.36. The Morgan fingerprint density at radius 3 is 2.78 bits per heavy atom. The van der Waals surface area contributed by atoms with Crippen LogP contribution in [0.1, 0.15) is 44.7 Å². The van der Waals surface area contributed by atoms with Crippen molar-refractivity contribution in [2.75, 3.05) is 26.3 Å². The van der Waals surface area contributed by atoms with Crippen LogP contribution in [0.25, 0.3) is 0 Å². The molecule has 3 aliphatic rings. The summed E-state index contributed by atoms with van der Waals surface area (Å²) < 4.78 is 25.6. The summed E-state index contributed by atoms with van der Waals surface area (Å²) >= 11 is 1.32. The number of carbonyl (C=O) groups is 3. The molecule has 1 saturated heterocycles. The van der Waals surface area contributed by atoms with Crippen molar-refractivity contribution in [2.45, 2.75) is 39.2 Å². The zero-order chi connectivity index (χ0) is 26.5. The molecule has 4 rings (SSSR count). The highest BCUT2D eigenvalue weighted by molar-refractivity contribution is 8.16. The van der Waals surface area contributed by atoms with Gasteiger partial charge >= 0.3 is 11.9 Å². The fourth-order valence-corrected chi connectivity index (χ4v) is 5.72. The topological polar surface area (TPSA) is 88.5 Å². The van der Waals surface area contributed by atoms with Gasteiger partial charge < -0.3 is 19.3 Å². The van der Waals surface area contributed by atoms with Gasteiger partial charge in [0.2, 0.25) is 5.91 Å². The maximum Gasteiger partial charge on any atom is 0.338 e. The highest BCUT2D eigenvalue weighted by atomic mass is 32.2. The van der Waals surface area contributed by atoms with Crippen LogP contribution in [0.3, 0.4) is 0 Å². The van der Waals surface area contributed by atoms with Crippen molar-refractivity contribution in [1.82, 2.24) is 9.80 Å². The third-order valence-electron chi connectivity index (χ3n) is 6.48. The number of esters is 2. The molecule has 1 fully saturated rings. The average Bonchev–Trinajstić information content (AvgIpc) is 3.28. The fraction of sp³-hybridized carbons (Fsp3) is 0.407. The molecule has 8 nitrogen and oxygen atoms in total. The number of benzene rings is 1. The van der Waals surface area contributed by atoms with Crippen LogP contribution < -0.4 is 0 Å². The van der Waals surface area contributed by atoms with Crippen LogP contribution in [0, 0.1) is 11.7 Å². The Hall–Kier alpha value is -3.40. The molecule has 2 unspecified atom stereocenters. The molecule has 2 atom stereocenters. The van der Waals surface area contributed by atoms with E-state index in [4.69, 9.17) is 9.47 Å². The van der Waals surface area contributed by atoms with E-state index in [9.17, 15) is 14.4 Å². The lowest BCUT2D eigenvalue weighted by Crippen LogP contribution is -2.44. The second-order valence-corrected chi connectivity index (χ2v) is 9.75. The molecular formula is C27H30FN3O5S. The molecule has 0 bridgehead atoms. The quantitative estimate of drug-likeness (QED) is 0.367. The minimum Gasteiger partial charge on any atom is -0.466 e. The maximum atomic E-state index is 15.1. The average molecular weight is 528 g/mol. The normalized spacial score (nSPS) is 21.2. The Bertz CT molecular complexity index is 1190. The van der Waals surface area contributed by atoms with E-state index in [1.807, 2.05) is 5.41 Å². The minimum atomic E-state index is -0.853. The number of fused-ring (bicyclic) bond motifs is 1. The third kappa shape index (κ3) is 5.64. The number of rotatable bonds is 8. The van der Waals surface area contributed by atoms with E-state index in [-0.39, 0.29) is 42.0 Å². The Balaban J connectivity index is 1.61. The molecule has 3 heterocycles. The first-order valence-electron chi connectivity index (χ1n) is 12.3. The summed E-state index contributed by atoms with van der Waals surface area (Å²) in [6, 6.07) is 5.39. The van der Waals surface area contributed by atoms with E-state index in [0.717, 1.165) is 0 Å². The fourth-order valence-electron chi connectivity index (χ4n) is 4.76. The van der Waals surface area contributed by atoms with Gasteiger partial charge in [0.05, 0.1) is 36.3 Å². The molecule has 0 N–H and O–H groups in total. The predicted octanol–water partition coefficient (Wildman–Crippen LogP) is 4.32. The second-order valence-electron chi connectivity index (χ2n) is 8.91. The Labute approximate surface area is 219 Å². The number of ether oxygens (including phenoxy) is 2. The summed E-state index contributed by atoms with van der Waals surface area (Å²) in [4.78, 5) is 46.7. The number of likely N-dealkylation sites (tertiary alicyclic amines) is 1. The minimum absolute atomic E-state index is 0.00268. The van der Waals surface area contributed by atoms with Crippen LogP contribution in [0.15, 0.2) is 64.3 Å². The first-order chi connectivity index (χ1) is 17.8. The molecule has 3 aliphatic heterocycles. The molecule has 10 heteroatoms. The van der Waals surface area contributed by atoms with E-state index in [2.05, 4.69) is 11.6 Å². The van der Waals surface area contributed by atoms with Gasteiger partial charge in [0.25, 0.3) is 0 Å². The van der Waals surface area contributed by atoms with Crippen molar-refractivity contribution < 1.29 is 28.2 Å². The van der Waals surface area contributed by atoms with Gasteiger partial charge in [0.15, 0.2) is 5.17 Å². The van der Waals surface area contributed by atoms with Crippen LogP contribution >= 0.6 is 11.8 Å². The molecule has 0 saturated carbocycles. The molecule has 0 spiro atoms. The largest absolute Gasteiger partial charge is 0.466 e. The molecule has 0 aliphatic carbocycles. The molecule has 0 aromatic heterocycles. The maximum absolute atomic E-state index is 15.1. The summed E-state index contributed by atoms with van der Waals surface area (Å²) in [5.74, 6) is -1.89. The van der Waals surface area contributed by atoms with E-state index in [1.54, 1.807) is 41.8 Å². The summed E-state index contributed by atoms with van der Waals surface area (Å²) in [5.41, 5.74) is 1.51. The molecule has 1 aromatic carbocycles. The Morgan fingerprint density at radius 1 is 1.27 bits per heavy atom. The Morgan fingerprint density at radius 2 is 2.05 bits per heavy atom. The van der Waals surface area contributed by atoms with Crippen molar-refractivity contribution in [3.63, 3.8) is 0 Å². The zero-order valence-corrected chi connectivity index (χ0v) is 21.8. The van der Waals surface area contributed by atoms with E-state index in [0.29, 0.717) is 49.1 Å². The molecular weight excluding hydrogens is 497 g/mol. The molecule has 1 aromatic rings. The number of thioether (sulfide) groups is 1. The van der Waals surface area contributed by atoms with Gasteiger partial charge in [0.1, 0.15) is 12.4 Å². The van der Waals surface area contributed by atoms with Crippen molar-refractivity contribution in [1.29, 1.82) is 0 Å². The SMILES string of the molecule is C=CCOC(=O)C1=C(C)N=C2SC=C(CC(=O)N3CCCC(C(=O)OCC)C3)N2C1c1ccccc1F. The van der Waals surface area contributed by atoms with Crippen LogP contribution in [-0.2, 0) is 23.9 Å². The van der Waals surface area contributed by atoms with E-state index >= 15 is 4.39 Å². The van der Waals surface area contributed by atoms with E-state index in [1.165, 1.54) is 23.9 Å². The van der Waals surface area contributed by atoms with Gasteiger partial charge in [-0.2, -0.15) is 0 Å². The van der Waals surface area contributed by atoms with Gasteiger partial charge in [-0.3, -0.25) is 9.59 Å². The van der Waals surface area contributed by atoms with Gasteiger partial charge in [-0.25, -0.2) is 14.2 Å². The first kappa shape index (κ1) is 26.7. The standard InChI is InChI=1S/C27H30FN3O5S/c1-4-13-36-26(34)23-17(3)29-27-31(24(23)20-10-6-7-11-21(20)28)19(16-37-27)14-22(32)30-12-8-9-18(15-30)25(33)35-5-2/h4,6-7,10-11,16,18,24H,1,5,8-9,12-15H2,2-3H3. The number of aliphatic imine (C=N–C) groups is 1. The molecule has 1 amide bonds. The number of hydrogen-bond donors (Lipinski definition) is 0. The van der Waals surface area contributed by atoms with Crippen molar-refractivity contribution in [2.24, 2.45) is 10.9 Å². The number of amidine groups is 1. The Kier molecular flexibility index (Phi) is 8.48. The van der Waals surface area contributed by atoms with Crippen LogP contribution in [0.5, 0.6) is 0 Å². The highest BCUT2D eigenvalue weighted by Crippen LogP contribution is 2.45. The van der Waals surface area contributed by atoms with Crippen molar-refractivity contribution in [3.8, 4) is 0 Å². The smallest absolute Gasteiger partial charge is 0.338 e.